The Morgan fingerprint density at radius 2 is 1.89 bits per heavy atom. The molecule has 0 bridgehead atoms. The molecule has 1 aromatic heterocycles. The summed E-state index contributed by atoms with van der Waals surface area (Å²) in [7, 11) is 3.35. The normalized spacial score (nSPS) is 10.9. The van der Waals surface area contributed by atoms with Gasteiger partial charge in [-0.3, -0.25) is 0 Å². The van der Waals surface area contributed by atoms with Crippen molar-refractivity contribution < 1.29 is 9.47 Å². The molecular weight excluding hydrogens is 228 g/mol. The van der Waals surface area contributed by atoms with Gasteiger partial charge in [0, 0.05) is 30.2 Å². The van der Waals surface area contributed by atoms with E-state index in [-0.39, 0.29) is 0 Å². The second kappa shape index (κ2) is 4.90. The van der Waals surface area contributed by atoms with Crippen molar-refractivity contribution in [1.82, 2.24) is 4.57 Å². The van der Waals surface area contributed by atoms with Crippen LogP contribution in [0.4, 0.5) is 0 Å². The van der Waals surface area contributed by atoms with E-state index in [0.29, 0.717) is 6.54 Å². The summed E-state index contributed by atoms with van der Waals surface area (Å²) in [6.45, 7) is 5.62. The van der Waals surface area contributed by atoms with Gasteiger partial charge in [0.1, 0.15) is 11.5 Å². The molecule has 0 aliphatic rings. The summed E-state index contributed by atoms with van der Waals surface area (Å²) in [6.07, 6.45) is 0. The van der Waals surface area contributed by atoms with Gasteiger partial charge in [0.2, 0.25) is 0 Å². The standard InChI is InChI=1S/C14H20N2O2/c1-9-10(2)16(6-5-15)14-12(9)7-11(17-3)8-13(14)18-4/h7-8H,5-6,15H2,1-4H3. The van der Waals surface area contributed by atoms with E-state index >= 15 is 0 Å². The number of rotatable bonds is 4. The molecule has 0 aliphatic heterocycles. The maximum atomic E-state index is 5.69. The summed E-state index contributed by atoms with van der Waals surface area (Å²) < 4.78 is 13.0. The Kier molecular flexibility index (Phi) is 3.48. The van der Waals surface area contributed by atoms with Gasteiger partial charge in [-0.1, -0.05) is 0 Å². The molecule has 0 aliphatic carbocycles. The Hall–Kier alpha value is -1.68. The quantitative estimate of drug-likeness (QED) is 0.902. The number of benzene rings is 1. The third-order valence-corrected chi connectivity index (χ3v) is 3.48. The number of aryl methyl sites for hydroxylation is 1. The van der Waals surface area contributed by atoms with Crippen LogP contribution in [0, 0.1) is 13.8 Å². The van der Waals surface area contributed by atoms with Crippen molar-refractivity contribution in [1.29, 1.82) is 0 Å². The second-order valence-corrected chi connectivity index (χ2v) is 4.38. The highest BCUT2D eigenvalue weighted by Gasteiger charge is 2.16. The van der Waals surface area contributed by atoms with Crippen molar-refractivity contribution in [3.8, 4) is 11.5 Å². The van der Waals surface area contributed by atoms with Crippen LogP contribution in [0.15, 0.2) is 12.1 Å². The van der Waals surface area contributed by atoms with E-state index in [9.17, 15) is 0 Å². The van der Waals surface area contributed by atoms with E-state index < -0.39 is 0 Å². The van der Waals surface area contributed by atoms with Crippen LogP contribution < -0.4 is 15.2 Å². The number of hydrogen-bond acceptors (Lipinski definition) is 3. The predicted molar refractivity (Wildman–Crippen MR) is 73.6 cm³/mol. The van der Waals surface area contributed by atoms with Gasteiger partial charge < -0.3 is 19.8 Å². The predicted octanol–water partition coefficient (Wildman–Crippen LogP) is 2.23. The van der Waals surface area contributed by atoms with Crippen LogP contribution in [0.2, 0.25) is 0 Å². The number of nitrogens with zero attached hydrogens (tertiary/aromatic N) is 1. The number of ether oxygens (including phenoxy) is 2. The van der Waals surface area contributed by atoms with Crippen LogP contribution in [0.1, 0.15) is 11.3 Å². The molecule has 0 amide bonds. The topological polar surface area (TPSA) is 49.4 Å². The molecular formula is C14H20N2O2. The van der Waals surface area contributed by atoms with Crippen LogP contribution >= 0.6 is 0 Å². The van der Waals surface area contributed by atoms with Gasteiger partial charge in [-0.15, -0.1) is 0 Å². The average Bonchev–Trinajstić information content (AvgIpc) is 2.63. The maximum absolute atomic E-state index is 5.69. The Balaban J connectivity index is 2.81. The van der Waals surface area contributed by atoms with E-state index in [4.69, 9.17) is 15.2 Å². The lowest BCUT2D eigenvalue weighted by Crippen LogP contribution is -2.11. The molecule has 0 saturated carbocycles. The maximum Gasteiger partial charge on any atom is 0.146 e. The zero-order valence-electron chi connectivity index (χ0n) is 11.4. The minimum absolute atomic E-state index is 0.610. The summed E-state index contributed by atoms with van der Waals surface area (Å²) in [5.74, 6) is 1.64. The van der Waals surface area contributed by atoms with Gasteiger partial charge in [-0.25, -0.2) is 0 Å². The van der Waals surface area contributed by atoms with Crippen LogP contribution in [-0.4, -0.2) is 25.3 Å². The molecule has 18 heavy (non-hydrogen) atoms. The summed E-state index contributed by atoms with van der Waals surface area (Å²) in [5, 5.41) is 1.16. The highest BCUT2D eigenvalue weighted by atomic mass is 16.5. The molecule has 98 valence electrons. The molecule has 1 aromatic carbocycles. The van der Waals surface area contributed by atoms with Gasteiger partial charge in [-0.05, 0) is 25.5 Å². The van der Waals surface area contributed by atoms with Crippen molar-refractivity contribution in [2.75, 3.05) is 20.8 Å². The fraction of sp³-hybridized carbons (Fsp3) is 0.429. The summed E-state index contributed by atoms with van der Waals surface area (Å²) in [6, 6.07) is 3.96. The van der Waals surface area contributed by atoms with Gasteiger partial charge in [-0.2, -0.15) is 0 Å². The SMILES string of the molecule is COc1cc(OC)c2c(c1)c(C)c(C)n2CCN. The van der Waals surface area contributed by atoms with Crippen molar-refractivity contribution >= 4 is 10.9 Å². The van der Waals surface area contributed by atoms with Gasteiger partial charge in [0.25, 0.3) is 0 Å². The first-order valence-electron chi connectivity index (χ1n) is 6.05. The highest BCUT2D eigenvalue weighted by Crippen LogP contribution is 2.36. The molecule has 4 nitrogen and oxygen atoms in total. The molecule has 2 N–H and O–H groups in total. The zero-order chi connectivity index (χ0) is 13.3. The van der Waals surface area contributed by atoms with E-state index in [1.54, 1.807) is 14.2 Å². The number of fused-ring (bicyclic) bond motifs is 1. The summed E-state index contributed by atoms with van der Waals surface area (Å²) in [4.78, 5) is 0. The van der Waals surface area contributed by atoms with Crippen molar-refractivity contribution in [2.24, 2.45) is 5.73 Å². The number of nitrogens with two attached hydrogens (primary N) is 1. The molecule has 0 radical (unpaired) electrons. The van der Waals surface area contributed by atoms with E-state index in [2.05, 4.69) is 18.4 Å². The smallest absolute Gasteiger partial charge is 0.146 e. The first kappa shape index (κ1) is 12.8. The monoisotopic (exact) mass is 248 g/mol. The third kappa shape index (κ3) is 1.82. The highest BCUT2D eigenvalue weighted by molar-refractivity contribution is 5.91. The van der Waals surface area contributed by atoms with Gasteiger partial charge >= 0.3 is 0 Å². The van der Waals surface area contributed by atoms with Crippen molar-refractivity contribution in [3.63, 3.8) is 0 Å². The second-order valence-electron chi connectivity index (χ2n) is 4.38. The van der Waals surface area contributed by atoms with Gasteiger partial charge in [0.15, 0.2) is 0 Å². The largest absolute Gasteiger partial charge is 0.497 e. The van der Waals surface area contributed by atoms with E-state index in [0.717, 1.165) is 28.9 Å². The Bertz CT molecular complexity index is 573. The molecule has 2 aromatic rings. The molecule has 0 saturated heterocycles. The number of methoxy groups -OCH3 is 2. The third-order valence-electron chi connectivity index (χ3n) is 3.48. The van der Waals surface area contributed by atoms with Crippen LogP contribution in [-0.2, 0) is 6.54 Å². The number of hydrogen-bond donors (Lipinski definition) is 1. The van der Waals surface area contributed by atoms with E-state index in [1.807, 2.05) is 12.1 Å². The van der Waals surface area contributed by atoms with Crippen LogP contribution in [0.5, 0.6) is 11.5 Å². The molecule has 0 spiro atoms. The minimum Gasteiger partial charge on any atom is -0.497 e. The van der Waals surface area contributed by atoms with Crippen LogP contribution in [0.25, 0.3) is 10.9 Å². The molecule has 0 unspecified atom stereocenters. The lowest BCUT2D eigenvalue weighted by molar-refractivity contribution is 0.396. The molecule has 1 heterocycles. The van der Waals surface area contributed by atoms with Crippen molar-refractivity contribution in [2.45, 2.75) is 20.4 Å². The fourth-order valence-electron chi connectivity index (χ4n) is 2.39. The van der Waals surface area contributed by atoms with Gasteiger partial charge in [0.05, 0.1) is 19.7 Å². The first-order chi connectivity index (χ1) is 8.63. The molecule has 2 rings (SSSR count). The Morgan fingerprint density at radius 3 is 2.44 bits per heavy atom. The first-order valence-corrected chi connectivity index (χ1v) is 6.05. The summed E-state index contributed by atoms with van der Waals surface area (Å²) in [5.41, 5.74) is 9.26. The average molecular weight is 248 g/mol. The van der Waals surface area contributed by atoms with E-state index in [1.165, 1.54) is 11.3 Å². The zero-order valence-corrected chi connectivity index (χ0v) is 11.4. The van der Waals surface area contributed by atoms with Crippen molar-refractivity contribution in [3.05, 3.63) is 23.4 Å². The molecule has 4 heteroatoms. The molecule has 0 fully saturated rings. The Labute approximate surface area is 107 Å². The lowest BCUT2D eigenvalue weighted by Gasteiger charge is -2.11. The number of aromatic nitrogens is 1. The minimum atomic E-state index is 0.610. The Morgan fingerprint density at radius 1 is 1.17 bits per heavy atom. The van der Waals surface area contributed by atoms with Crippen LogP contribution in [0.3, 0.4) is 0 Å². The molecule has 0 atom stereocenters. The fourth-order valence-corrected chi connectivity index (χ4v) is 2.39. The lowest BCUT2D eigenvalue weighted by atomic mass is 10.1. The summed E-state index contributed by atoms with van der Waals surface area (Å²) >= 11 is 0.